The third-order valence-corrected chi connectivity index (χ3v) is 6.47. The molecular formula is C32H29N5O. The summed E-state index contributed by atoms with van der Waals surface area (Å²) in [6, 6.07) is 27.9. The number of pyridine rings is 1. The monoisotopic (exact) mass is 499 g/mol. The average Bonchev–Trinajstić information content (AvgIpc) is 3.51. The van der Waals surface area contributed by atoms with E-state index in [0.717, 1.165) is 41.9 Å². The molecule has 6 heteroatoms. The van der Waals surface area contributed by atoms with Crippen LogP contribution in [0.1, 0.15) is 27.9 Å². The molecule has 2 aromatic heterocycles. The molecule has 188 valence electrons. The molecule has 0 bridgehead atoms. The van der Waals surface area contributed by atoms with Crippen molar-refractivity contribution in [3.8, 4) is 28.1 Å². The summed E-state index contributed by atoms with van der Waals surface area (Å²) in [6.45, 7) is 5.58. The number of rotatable bonds is 10. The van der Waals surface area contributed by atoms with Crippen molar-refractivity contribution in [1.29, 1.82) is 5.41 Å². The molecule has 0 spiro atoms. The van der Waals surface area contributed by atoms with Gasteiger partial charge >= 0.3 is 0 Å². The molecule has 2 heterocycles. The number of phenolic OH excluding ortho intramolecular Hbond substituents is 1. The maximum absolute atomic E-state index is 9.43. The lowest BCUT2D eigenvalue weighted by Crippen LogP contribution is -2.16. The Labute approximate surface area is 222 Å². The predicted molar refractivity (Wildman–Crippen MR) is 153 cm³/mol. The van der Waals surface area contributed by atoms with Gasteiger partial charge in [0.25, 0.3) is 0 Å². The number of benzene rings is 3. The van der Waals surface area contributed by atoms with E-state index in [1.54, 1.807) is 30.6 Å². The van der Waals surface area contributed by atoms with Gasteiger partial charge in [-0.15, -0.1) is 0 Å². The van der Waals surface area contributed by atoms with Crippen LogP contribution in [0.4, 0.5) is 0 Å². The number of aromatic amines is 1. The smallest absolute Gasteiger partial charge is 0.115 e. The molecule has 0 fully saturated rings. The molecule has 0 aliphatic carbocycles. The van der Waals surface area contributed by atoms with Crippen molar-refractivity contribution in [1.82, 2.24) is 20.5 Å². The van der Waals surface area contributed by atoms with Crippen LogP contribution in [-0.2, 0) is 13.0 Å². The number of aromatic nitrogens is 3. The van der Waals surface area contributed by atoms with Gasteiger partial charge in [0.1, 0.15) is 5.75 Å². The summed E-state index contributed by atoms with van der Waals surface area (Å²) in [5.41, 5.74) is 8.62. The van der Waals surface area contributed by atoms with E-state index in [4.69, 9.17) is 10.4 Å². The summed E-state index contributed by atoms with van der Waals surface area (Å²) in [5.74, 6) is 0.290. The van der Waals surface area contributed by atoms with Gasteiger partial charge in [0.15, 0.2) is 0 Å². The molecule has 3 aromatic carbocycles. The molecule has 5 aromatic rings. The minimum atomic E-state index is 0.290. The highest BCUT2D eigenvalue weighted by atomic mass is 16.3. The number of phenols is 1. The van der Waals surface area contributed by atoms with Gasteiger partial charge in [-0.2, -0.15) is 5.10 Å². The maximum Gasteiger partial charge on any atom is 0.115 e. The van der Waals surface area contributed by atoms with Crippen LogP contribution >= 0.6 is 0 Å². The van der Waals surface area contributed by atoms with Crippen LogP contribution in [0.25, 0.3) is 28.5 Å². The Morgan fingerprint density at radius 1 is 0.947 bits per heavy atom. The summed E-state index contributed by atoms with van der Waals surface area (Å²) in [5, 5.41) is 28.5. The molecule has 0 radical (unpaired) electrons. The van der Waals surface area contributed by atoms with Crippen LogP contribution < -0.4 is 5.32 Å². The van der Waals surface area contributed by atoms with Crippen molar-refractivity contribution in [2.75, 3.05) is 6.54 Å². The van der Waals surface area contributed by atoms with E-state index in [0.29, 0.717) is 22.5 Å². The van der Waals surface area contributed by atoms with Crippen molar-refractivity contribution >= 4 is 11.8 Å². The summed E-state index contributed by atoms with van der Waals surface area (Å²) < 4.78 is 0. The number of hydrogen-bond acceptors (Lipinski definition) is 5. The minimum Gasteiger partial charge on any atom is -0.508 e. The summed E-state index contributed by atoms with van der Waals surface area (Å²) >= 11 is 0. The van der Waals surface area contributed by atoms with Gasteiger partial charge in [0.2, 0.25) is 0 Å². The number of hydrogen-bond donors (Lipinski definition) is 4. The zero-order valence-corrected chi connectivity index (χ0v) is 21.0. The van der Waals surface area contributed by atoms with Gasteiger partial charge in [-0.1, -0.05) is 73.3 Å². The third kappa shape index (κ3) is 5.61. The van der Waals surface area contributed by atoms with Gasteiger partial charge in [0, 0.05) is 35.0 Å². The SMILES string of the molecule is C=Cc1nc(-c2ccc(CNCCc3ccc(O)cc3)cc2)c(-c2ccccc2)cc1C(=N)c1cn[nH]c1. The largest absolute Gasteiger partial charge is 0.508 e. The molecule has 0 saturated carbocycles. The Bertz CT molecular complexity index is 1520. The van der Waals surface area contributed by atoms with Crippen LogP contribution in [0.2, 0.25) is 0 Å². The lowest BCUT2D eigenvalue weighted by atomic mass is 9.93. The average molecular weight is 500 g/mol. The summed E-state index contributed by atoms with van der Waals surface area (Å²) in [4.78, 5) is 4.99. The second-order valence-electron chi connectivity index (χ2n) is 9.04. The second kappa shape index (κ2) is 11.5. The van der Waals surface area contributed by atoms with Crippen LogP contribution in [0.5, 0.6) is 5.75 Å². The van der Waals surface area contributed by atoms with Gasteiger partial charge < -0.3 is 10.4 Å². The van der Waals surface area contributed by atoms with E-state index in [-0.39, 0.29) is 5.75 Å². The van der Waals surface area contributed by atoms with E-state index in [1.807, 2.05) is 36.4 Å². The van der Waals surface area contributed by atoms with E-state index in [2.05, 4.69) is 58.5 Å². The second-order valence-corrected chi connectivity index (χ2v) is 9.04. The molecule has 6 nitrogen and oxygen atoms in total. The first kappa shape index (κ1) is 24.9. The van der Waals surface area contributed by atoms with E-state index < -0.39 is 0 Å². The highest BCUT2D eigenvalue weighted by Crippen LogP contribution is 2.33. The standard InChI is InChI=1S/C32H29N5O/c1-2-30-29(31(33)26-20-35-36-21-26)18-28(24-6-4-3-5-7-24)32(37-30)25-12-8-23(9-13-25)19-34-17-16-22-10-14-27(38)15-11-22/h2-15,18,20-21,33-34,38H,1,16-17,19H2,(H,35,36). The summed E-state index contributed by atoms with van der Waals surface area (Å²) in [7, 11) is 0. The minimum absolute atomic E-state index is 0.290. The predicted octanol–water partition coefficient (Wildman–Crippen LogP) is 6.24. The zero-order valence-electron chi connectivity index (χ0n) is 21.0. The van der Waals surface area contributed by atoms with E-state index >= 15 is 0 Å². The van der Waals surface area contributed by atoms with Gasteiger partial charge in [-0.25, -0.2) is 4.98 Å². The van der Waals surface area contributed by atoms with Crippen molar-refractivity contribution in [3.63, 3.8) is 0 Å². The molecule has 0 unspecified atom stereocenters. The van der Waals surface area contributed by atoms with E-state index in [1.165, 1.54) is 11.1 Å². The first-order valence-corrected chi connectivity index (χ1v) is 12.5. The number of nitrogens with one attached hydrogen (secondary N) is 3. The Morgan fingerprint density at radius 2 is 1.68 bits per heavy atom. The van der Waals surface area contributed by atoms with Gasteiger partial charge in [-0.3, -0.25) is 10.5 Å². The van der Waals surface area contributed by atoms with Crippen molar-refractivity contribution < 1.29 is 5.11 Å². The Kier molecular flexibility index (Phi) is 7.52. The number of nitrogens with zero attached hydrogens (tertiary/aromatic N) is 2. The van der Waals surface area contributed by atoms with Crippen molar-refractivity contribution in [3.05, 3.63) is 132 Å². The summed E-state index contributed by atoms with van der Waals surface area (Å²) in [6.07, 6.45) is 5.95. The first-order valence-electron chi connectivity index (χ1n) is 12.5. The zero-order chi connectivity index (χ0) is 26.3. The van der Waals surface area contributed by atoms with Gasteiger partial charge in [0.05, 0.1) is 23.3 Å². The molecule has 0 atom stereocenters. The van der Waals surface area contributed by atoms with Crippen LogP contribution in [-0.4, -0.2) is 32.5 Å². The molecule has 0 amide bonds. The van der Waals surface area contributed by atoms with Crippen LogP contribution in [0.15, 0.2) is 104 Å². The van der Waals surface area contributed by atoms with Crippen LogP contribution in [0.3, 0.4) is 0 Å². The molecule has 0 saturated heterocycles. The maximum atomic E-state index is 9.43. The number of H-pyrrole nitrogens is 1. The molecule has 4 N–H and O–H groups in total. The fourth-order valence-electron chi connectivity index (χ4n) is 4.39. The van der Waals surface area contributed by atoms with Crippen molar-refractivity contribution in [2.45, 2.75) is 13.0 Å². The molecule has 5 rings (SSSR count). The lowest BCUT2D eigenvalue weighted by molar-refractivity contribution is 0.475. The Balaban J connectivity index is 1.39. The first-order chi connectivity index (χ1) is 18.6. The van der Waals surface area contributed by atoms with Crippen LogP contribution in [0, 0.1) is 5.41 Å². The fraction of sp³-hybridized carbons (Fsp3) is 0.0938. The third-order valence-electron chi connectivity index (χ3n) is 6.47. The topological polar surface area (TPSA) is 97.7 Å². The fourth-order valence-corrected chi connectivity index (χ4v) is 4.39. The number of aromatic hydroxyl groups is 1. The highest BCUT2D eigenvalue weighted by Gasteiger charge is 2.17. The van der Waals surface area contributed by atoms with Crippen molar-refractivity contribution in [2.24, 2.45) is 0 Å². The molecular weight excluding hydrogens is 470 g/mol. The highest BCUT2D eigenvalue weighted by molar-refractivity contribution is 6.13. The Hall–Kier alpha value is -4.81. The van der Waals surface area contributed by atoms with Gasteiger partial charge in [-0.05, 0) is 53.9 Å². The lowest BCUT2D eigenvalue weighted by Gasteiger charge is -2.15. The molecule has 0 aliphatic heterocycles. The quantitative estimate of drug-likeness (QED) is 0.135. The van der Waals surface area contributed by atoms with E-state index in [9.17, 15) is 5.11 Å². The molecule has 0 aliphatic rings. The Morgan fingerprint density at radius 3 is 2.37 bits per heavy atom. The molecule has 38 heavy (non-hydrogen) atoms. The normalized spacial score (nSPS) is 10.8.